The molecule has 0 amide bonds. The molecule has 0 saturated carbocycles. The van der Waals surface area contributed by atoms with Crippen LogP contribution in [0.4, 0.5) is 0 Å². The molecule has 3 nitrogen and oxygen atoms in total. The lowest BCUT2D eigenvalue weighted by Gasteiger charge is -2.24. The van der Waals surface area contributed by atoms with Crippen LogP contribution >= 0.6 is 0 Å². The molecule has 0 aromatic heterocycles. The predicted molar refractivity (Wildman–Crippen MR) is 68.5 cm³/mol. The van der Waals surface area contributed by atoms with E-state index in [1.165, 1.54) is 6.92 Å². The van der Waals surface area contributed by atoms with Gasteiger partial charge in [0.05, 0.1) is 24.9 Å². The van der Waals surface area contributed by atoms with E-state index in [1.54, 1.807) is 0 Å². The molecule has 0 aliphatic heterocycles. The standard InChI is InChI=1S/C10H22O.C3H8O2/c1-7(2)9(5)11-10(6)8(3)4;1-3(5)2-4/h7-10H,1-6H3;3-5H,2H2,1H3. The number of hydrogen-bond donors (Lipinski definition) is 2. The lowest BCUT2D eigenvalue weighted by Crippen LogP contribution is -2.25. The topological polar surface area (TPSA) is 49.7 Å². The molecule has 0 rings (SSSR count). The van der Waals surface area contributed by atoms with Gasteiger partial charge in [-0.3, -0.25) is 0 Å². The zero-order valence-corrected chi connectivity index (χ0v) is 11.9. The molecule has 0 bridgehead atoms. The Kier molecular flexibility index (Phi) is 11.5. The largest absolute Gasteiger partial charge is 0.394 e. The van der Waals surface area contributed by atoms with Gasteiger partial charge >= 0.3 is 0 Å². The highest BCUT2D eigenvalue weighted by Gasteiger charge is 2.13. The lowest BCUT2D eigenvalue weighted by molar-refractivity contribution is -0.0368. The molecule has 0 saturated heterocycles. The Morgan fingerprint density at radius 1 is 0.812 bits per heavy atom. The number of aliphatic hydroxyl groups excluding tert-OH is 2. The van der Waals surface area contributed by atoms with Gasteiger partial charge in [0, 0.05) is 0 Å². The Bertz CT molecular complexity index is 132. The second-order valence-electron chi connectivity index (χ2n) is 5.07. The molecule has 16 heavy (non-hydrogen) atoms. The summed E-state index contributed by atoms with van der Waals surface area (Å²) in [5, 5.41) is 16.0. The fraction of sp³-hybridized carbons (Fsp3) is 1.00. The Hall–Kier alpha value is -0.120. The SMILES string of the molecule is CC(C)C(C)OC(C)C(C)C.CC(O)CO. The predicted octanol–water partition coefficient (Wildman–Crippen LogP) is 2.45. The van der Waals surface area contributed by atoms with E-state index in [4.69, 9.17) is 14.9 Å². The number of hydrogen-bond acceptors (Lipinski definition) is 3. The normalized spacial score (nSPS) is 16.7. The molecule has 0 spiro atoms. The maximum Gasteiger partial charge on any atom is 0.0742 e. The van der Waals surface area contributed by atoms with Crippen molar-refractivity contribution in [3.8, 4) is 0 Å². The van der Waals surface area contributed by atoms with Crippen molar-refractivity contribution < 1.29 is 14.9 Å². The van der Waals surface area contributed by atoms with Gasteiger partial charge in [0.1, 0.15) is 0 Å². The molecular weight excluding hydrogens is 204 g/mol. The summed E-state index contributed by atoms with van der Waals surface area (Å²) >= 11 is 0. The van der Waals surface area contributed by atoms with Crippen LogP contribution in [-0.2, 0) is 4.74 Å². The van der Waals surface area contributed by atoms with E-state index >= 15 is 0 Å². The quantitative estimate of drug-likeness (QED) is 0.768. The van der Waals surface area contributed by atoms with Crippen LogP contribution in [0.25, 0.3) is 0 Å². The molecule has 0 aliphatic rings. The monoisotopic (exact) mass is 234 g/mol. The molecule has 3 heteroatoms. The van der Waals surface area contributed by atoms with Gasteiger partial charge in [-0.1, -0.05) is 27.7 Å². The van der Waals surface area contributed by atoms with Gasteiger partial charge in [-0.15, -0.1) is 0 Å². The second-order valence-corrected chi connectivity index (χ2v) is 5.07. The highest BCUT2D eigenvalue weighted by Crippen LogP contribution is 2.13. The second kappa shape index (κ2) is 10.1. The van der Waals surface area contributed by atoms with Crippen molar-refractivity contribution in [1.82, 2.24) is 0 Å². The zero-order valence-electron chi connectivity index (χ0n) is 11.9. The molecular formula is C13H30O3. The van der Waals surface area contributed by atoms with Gasteiger partial charge < -0.3 is 14.9 Å². The average Bonchev–Trinajstić information content (AvgIpc) is 2.18. The third-order valence-corrected chi connectivity index (χ3v) is 2.57. The smallest absolute Gasteiger partial charge is 0.0742 e. The van der Waals surface area contributed by atoms with E-state index in [-0.39, 0.29) is 6.61 Å². The summed E-state index contributed by atoms with van der Waals surface area (Å²) in [5.41, 5.74) is 0. The molecule has 0 aliphatic carbocycles. The molecule has 0 radical (unpaired) electrons. The Labute approximate surface area is 101 Å². The van der Waals surface area contributed by atoms with Crippen LogP contribution in [0, 0.1) is 11.8 Å². The molecule has 0 fully saturated rings. The minimum absolute atomic E-state index is 0.139. The van der Waals surface area contributed by atoms with Crippen molar-refractivity contribution in [2.75, 3.05) is 6.61 Å². The fourth-order valence-corrected chi connectivity index (χ4v) is 0.653. The maximum absolute atomic E-state index is 8.11. The minimum atomic E-state index is -0.560. The summed E-state index contributed by atoms with van der Waals surface area (Å²) in [5.74, 6) is 1.24. The molecule has 0 heterocycles. The van der Waals surface area contributed by atoms with E-state index < -0.39 is 6.10 Å². The lowest BCUT2D eigenvalue weighted by atomic mass is 10.1. The summed E-state index contributed by atoms with van der Waals surface area (Å²) in [6.07, 6.45) is 0.204. The van der Waals surface area contributed by atoms with Gasteiger partial charge in [0.2, 0.25) is 0 Å². The molecule has 3 unspecified atom stereocenters. The van der Waals surface area contributed by atoms with E-state index in [2.05, 4.69) is 41.5 Å². The van der Waals surface area contributed by atoms with Crippen LogP contribution in [0.3, 0.4) is 0 Å². The van der Waals surface area contributed by atoms with Crippen molar-refractivity contribution >= 4 is 0 Å². The van der Waals surface area contributed by atoms with Crippen LogP contribution in [-0.4, -0.2) is 35.1 Å². The third kappa shape index (κ3) is 12.0. The van der Waals surface area contributed by atoms with Crippen molar-refractivity contribution in [1.29, 1.82) is 0 Å². The molecule has 0 aromatic rings. The van der Waals surface area contributed by atoms with Crippen LogP contribution in [0.5, 0.6) is 0 Å². The van der Waals surface area contributed by atoms with Crippen LogP contribution in [0.1, 0.15) is 48.5 Å². The fourth-order valence-electron chi connectivity index (χ4n) is 0.653. The zero-order chi connectivity index (χ0) is 13.3. The van der Waals surface area contributed by atoms with Crippen molar-refractivity contribution in [3.05, 3.63) is 0 Å². The molecule has 0 aromatic carbocycles. The maximum atomic E-state index is 8.11. The first-order chi connectivity index (χ1) is 7.22. The Morgan fingerprint density at radius 3 is 1.19 bits per heavy atom. The van der Waals surface area contributed by atoms with Crippen molar-refractivity contribution in [2.24, 2.45) is 11.8 Å². The average molecular weight is 234 g/mol. The van der Waals surface area contributed by atoms with Crippen molar-refractivity contribution in [2.45, 2.75) is 66.8 Å². The summed E-state index contributed by atoms with van der Waals surface area (Å²) in [6, 6.07) is 0. The summed E-state index contributed by atoms with van der Waals surface area (Å²) in [6.45, 7) is 14.4. The number of aliphatic hydroxyl groups is 2. The van der Waals surface area contributed by atoms with Gasteiger partial charge in [-0.2, -0.15) is 0 Å². The van der Waals surface area contributed by atoms with E-state index in [9.17, 15) is 0 Å². The third-order valence-electron chi connectivity index (χ3n) is 2.57. The van der Waals surface area contributed by atoms with Crippen LogP contribution in [0.2, 0.25) is 0 Å². The highest BCUT2D eigenvalue weighted by molar-refractivity contribution is 4.61. The van der Waals surface area contributed by atoms with Crippen LogP contribution in [0.15, 0.2) is 0 Å². The molecule has 3 atom stereocenters. The van der Waals surface area contributed by atoms with Gasteiger partial charge in [-0.25, -0.2) is 0 Å². The minimum Gasteiger partial charge on any atom is -0.394 e. The van der Waals surface area contributed by atoms with Gasteiger partial charge in [0.15, 0.2) is 0 Å². The van der Waals surface area contributed by atoms with Gasteiger partial charge in [-0.05, 0) is 32.6 Å². The Morgan fingerprint density at radius 2 is 1.06 bits per heavy atom. The summed E-state index contributed by atoms with van der Waals surface area (Å²) < 4.78 is 5.77. The van der Waals surface area contributed by atoms with E-state index in [0.717, 1.165) is 0 Å². The summed E-state index contributed by atoms with van der Waals surface area (Å²) in [4.78, 5) is 0. The van der Waals surface area contributed by atoms with Gasteiger partial charge in [0.25, 0.3) is 0 Å². The highest BCUT2D eigenvalue weighted by atomic mass is 16.5. The van der Waals surface area contributed by atoms with Crippen molar-refractivity contribution in [3.63, 3.8) is 0 Å². The number of ether oxygens (including phenoxy) is 1. The molecule has 2 N–H and O–H groups in total. The molecule has 100 valence electrons. The van der Waals surface area contributed by atoms with E-state index in [0.29, 0.717) is 24.0 Å². The van der Waals surface area contributed by atoms with E-state index in [1.807, 2.05) is 0 Å². The summed E-state index contributed by atoms with van der Waals surface area (Å²) in [7, 11) is 0. The van der Waals surface area contributed by atoms with Crippen LogP contribution < -0.4 is 0 Å². The first-order valence-corrected chi connectivity index (χ1v) is 6.16. The first-order valence-electron chi connectivity index (χ1n) is 6.16. The first kappa shape index (κ1) is 18.3. The number of rotatable bonds is 5. The Balaban J connectivity index is 0.